The van der Waals surface area contributed by atoms with Crippen LogP contribution in [-0.2, 0) is 8.85 Å². The lowest BCUT2D eigenvalue weighted by Crippen LogP contribution is -2.32. The topological polar surface area (TPSA) is 18.5 Å². The lowest BCUT2D eigenvalue weighted by Gasteiger charge is -2.25. The van der Waals surface area contributed by atoms with Gasteiger partial charge in [0.1, 0.15) is 0 Å². The van der Waals surface area contributed by atoms with Crippen LogP contribution in [0, 0.1) is 0 Å². The second kappa shape index (κ2) is 9.70. The summed E-state index contributed by atoms with van der Waals surface area (Å²) in [5, 5.41) is 0. The van der Waals surface area contributed by atoms with E-state index in [4.69, 9.17) is 8.85 Å². The van der Waals surface area contributed by atoms with Crippen LogP contribution < -0.4 is 0 Å². The molecule has 0 saturated carbocycles. The Morgan fingerprint density at radius 3 is 2.21 bits per heavy atom. The van der Waals surface area contributed by atoms with E-state index in [0.29, 0.717) is 5.54 Å². The van der Waals surface area contributed by atoms with E-state index in [-0.39, 0.29) is 0 Å². The minimum absolute atomic E-state index is 0.426. The summed E-state index contributed by atoms with van der Waals surface area (Å²) in [6, 6.07) is 8.53. The van der Waals surface area contributed by atoms with Crippen molar-refractivity contribution in [1.29, 1.82) is 0 Å². The van der Waals surface area contributed by atoms with Crippen molar-refractivity contribution >= 4 is 25.2 Å². The van der Waals surface area contributed by atoms with Gasteiger partial charge >= 0.3 is 9.28 Å². The molecular weight excluding hydrogens is 320 g/mol. The average Bonchev–Trinajstić information content (AvgIpc) is 2.42. The second-order valence-electron chi connectivity index (χ2n) is 4.68. The van der Waals surface area contributed by atoms with E-state index < -0.39 is 9.28 Å². The number of rotatable bonds is 9. The molecule has 4 heteroatoms. The molecule has 0 spiro atoms. The Labute approximate surface area is 127 Å². The Hall–Kier alpha value is -0.163. The molecule has 2 nitrogen and oxygen atoms in total. The van der Waals surface area contributed by atoms with Crippen LogP contribution in [0.3, 0.4) is 0 Å². The van der Waals surface area contributed by atoms with Crippen molar-refractivity contribution in [3.63, 3.8) is 0 Å². The molecule has 1 atom stereocenters. The van der Waals surface area contributed by atoms with Crippen LogP contribution in [0.15, 0.2) is 28.7 Å². The lowest BCUT2D eigenvalue weighted by molar-refractivity contribution is 0.187. The average molecular weight is 345 g/mol. The maximum absolute atomic E-state index is 6.04. The Bertz CT molecular complexity index is 352. The standard InChI is InChI=1S/C15H25BrO2Si/c1-4-10-17-19(18-11-5-2)15(6-3)13-8-7-9-14(16)12-13/h7-9,12,15,19H,4-6,10-11H2,1-3H3. The van der Waals surface area contributed by atoms with Gasteiger partial charge in [-0.2, -0.15) is 0 Å². The predicted molar refractivity (Wildman–Crippen MR) is 86.8 cm³/mol. The number of halogens is 1. The fourth-order valence-corrected chi connectivity index (χ4v) is 4.89. The van der Waals surface area contributed by atoms with E-state index in [0.717, 1.165) is 36.9 Å². The summed E-state index contributed by atoms with van der Waals surface area (Å²) in [5.41, 5.74) is 1.76. The molecule has 1 aromatic carbocycles. The predicted octanol–water partition coefficient (Wildman–Crippen LogP) is 4.56. The van der Waals surface area contributed by atoms with Crippen LogP contribution in [0.25, 0.3) is 0 Å². The second-order valence-corrected chi connectivity index (χ2v) is 7.80. The first kappa shape index (κ1) is 16.9. The highest BCUT2D eigenvalue weighted by molar-refractivity contribution is 9.10. The largest absolute Gasteiger partial charge is 0.396 e. The molecule has 1 unspecified atom stereocenters. The van der Waals surface area contributed by atoms with Gasteiger partial charge in [-0.25, -0.2) is 0 Å². The summed E-state index contributed by atoms with van der Waals surface area (Å²) in [4.78, 5) is 0. The van der Waals surface area contributed by atoms with Crippen LogP contribution >= 0.6 is 15.9 Å². The molecule has 0 N–H and O–H groups in total. The highest BCUT2D eigenvalue weighted by atomic mass is 79.9. The third-order valence-corrected chi connectivity index (χ3v) is 6.15. The van der Waals surface area contributed by atoms with Crippen molar-refractivity contribution in [2.45, 2.75) is 45.6 Å². The van der Waals surface area contributed by atoms with Crippen molar-refractivity contribution in [3.8, 4) is 0 Å². The van der Waals surface area contributed by atoms with Gasteiger partial charge in [0.05, 0.1) is 0 Å². The van der Waals surface area contributed by atoms with Crippen molar-refractivity contribution < 1.29 is 8.85 Å². The van der Waals surface area contributed by atoms with Crippen molar-refractivity contribution in [1.82, 2.24) is 0 Å². The van der Waals surface area contributed by atoms with E-state index in [1.807, 2.05) is 0 Å². The molecule has 0 bridgehead atoms. The fraction of sp³-hybridized carbons (Fsp3) is 0.600. The van der Waals surface area contributed by atoms with Gasteiger partial charge in [-0.15, -0.1) is 0 Å². The van der Waals surface area contributed by atoms with E-state index >= 15 is 0 Å². The van der Waals surface area contributed by atoms with Crippen molar-refractivity contribution in [3.05, 3.63) is 34.3 Å². The lowest BCUT2D eigenvalue weighted by atomic mass is 10.1. The van der Waals surface area contributed by atoms with Gasteiger partial charge in [0.15, 0.2) is 0 Å². The highest BCUT2D eigenvalue weighted by Gasteiger charge is 2.26. The molecule has 0 saturated heterocycles. The van der Waals surface area contributed by atoms with Crippen LogP contribution in [-0.4, -0.2) is 22.5 Å². The summed E-state index contributed by atoms with van der Waals surface area (Å²) in [6.45, 7) is 8.13. The normalized spacial score (nSPS) is 12.9. The molecule has 0 fully saturated rings. The Balaban J connectivity index is 2.81. The molecule has 0 aliphatic rings. The van der Waals surface area contributed by atoms with Crippen LogP contribution in [0.4, 0.5) is 0 Å². The molecule has 0 aromatic heterocycles. The molecule has 108 valence electrons. The van der Waals surface area contributed by atoms with Gasteiger partial charge in [0.2, 0.25) is 0 Å². The van der Waals surface area contributed by atoms with E-state index in [1.165, 1.54) is 5.56 Å². The third-order valence-electron chi connectivity index (χ3n) is 3.02. The zero-order valence-electron chi connectivity index (χ0n) is 12.2. The number of hydrogen-bond donors (Lipinski definition) is 0. The summed E-state index contributed by atoms with van der Waals surface area (Å²) in [6.07, 6.45) is 3.17. The molecule has 0 amide bonds. The number of hydrogen-bond acceptors (Lipinski definition) is 2. The smallest absolute Gasteiger partial charge is 0.329 e. The molecule has 0 aliphatic carbocycles. The Morgan fingerprint density at radius 1 is 1.11 bits per heavy atom. The molecule has 0 aliphatic heterocycles. The van der Waals surface area contributed by atoms with E-state index in [1.54, 1.807) is 0 Å². The van der Waals surface area contributed by atoms with Crippen LogP contribution in [0.2, 0.25) is 0 Å². The fourth-order valence-electron chi connectivity index (χ4n) is 2.07. The van der Waals surface area contributed by atoms with E-state index in [9.17, 15) is 0 Å². The number of benzene rings is 1. The quantitative estimate of drug-likeness (QED) is 0.611. The third kappa shape index (κ3) is 5.77. The molecular formula is C15H25BrO2Si. The van der Waals surface area contributed by atoms with Crippen LogP contribution in [0.1, 0.15) is 51.1 Å². The van der Waals surface area contributed by atoms with Gasteiger partial charge in [-0.3, -0.25) is 0 Å². The minimum atomic E-state index is -1.65. The first-order valence-corrected chi connectivity index (χ1v) is 9.61. The molecule has 0 heterocycles. The summed E-state index contributed by atoms with van der Waals surface area (Å²) in [5.74, 6) is 0. The Kier molecular flexibility index (Phi) is 8.62. The molecule has 19 heavy (non-hydrogen) atoms. The zero-order chi connectivity index (χ0) is 14.1. The SMILES string of the molecule is CCCO[SiH](OCCC)C(CC)c1cccc(Br)c1. The Morgan fingerprint density at radius 2 is 1.74 bits per heavy atom. The summed E-state index contributed by atoms with van der Waals surface area (Å²) in [7, 11) is -1.65. The first-order valence-electron chi connectivity index (χ1n) is 7.21. The molecule has 1 rings (SSSR count). The summed E-state index contributed by atoms with van der Waals surface area (Å²) >= 11 is 3.55. The first-order chi connectivity index (χ1) is 9.22. The minimum Gasteiger partial charge on any atom is -0.396 e. The molecule has 1 aromatic rings. The van der Waals surface area contributed by atoms with Crippen LogP contribution in [0.5, 0.6) is 0 Å². The molecule has 0 radical (unpaired) electrons. The maximum Gasteiger partial charge on any atom is 0.329 e. The monoisotopic (exact) mass is 344 g/mol. The zero-order valence-corrected chi connectivity index (χ0v) is 14.9. The van der Waals surface area contributed by atoms with Gasteiger partial charge in [0.25, 0.3) is 0 Å². The van der Waals surface area contributed by atoms with Crippen molar-refractivity contribution in [2.75, 3.05) is 13.2 Å². The van der Waals surface area contributed by atoms with Gasteiger partial charge in [-0.05, 0) is 37.0 Å². The maximum atomic E-state index is 6.04. The van der Waals surface area contributed by atoms with E-state index in [2.05, 4.69) is 61.0 Å². The van der Waals surface area contributed by atoms with Gasteiger partial charge in [-0.1, -0.05) is 48.8 Å². The van der Waals surface area contributed by atoms with Gasteiger partial charge in [0, 0.05) is 23.2 Å². The van der Waals surface area contributed by atoms with Gasteiger partial charge < -0.3 is 8.85 Å². The highest BCUT2D eigenvalue weighted by Crippen LogP contribution is 2.26. The summed E-state index contributed by atoms with van der Waals surface area (Å²) < 4.78 is 13.2. The van der Waals surface area contributed by atoms with Crippen molar-refractivity contribution in [2.24, 2.45) is 0 Å².